The standard InChI is InChI=1S/C22H25N3O4/c1-3-5-6-13-9-15(10-17(20(13)27)22(28)29)18(26)12-25-11-14-7-8-16(4-2)24-19(14)21(25)23/h7-10,23,27H,3-6,11-12H2,1-2H3,(H,28,29). The fourth-order valence-electron chi connectivity index (χ4n) is 3.47. The zero-order chi connectivity index (χ0) is 21.1. The summed E-state index contributed by atoms with van der Waals surface area (Å²) in [5.74, 6) is -1.64. The third-order valence-corrected chi connectivity index (χ3v) is 5.18. The van der Waals surface area contributed by atoms with Crippen molar-refractivity contribution in [2.45, 2.75) is 46.1 Å². The van der Waals surface area contributed by atoms with E-state index in [0.717, 1.165) is 30.5 Å². The average Bonchev–Trinajstić information content (AvgIpc) is 3.01. The van der Waals surface area contributed by atoms with Crippen LogP contribution in [-0.4, -0.2) is 44.2 Å². The second kappa shape index (κ2) is 8.43. The number of benzene rings is 1. The van der Waals surface area contributed by atoms with Crippen molar-refractivity contribution in [3.8, 4) is 5.75 Å². The Hall–Kier alpha value is -3.22. The van der Waals surface area contributed by atoms with Gasteiger partial charge in [0.05, 0.1) is 6.54 Å². The van der Waals surface area contributed by atoms with Crippen molar-refractivity contribution in [1.82, 2.24) is 9.88 Å². The van der Waals surface area contributed by atoms with E-state index in [4.69, 9.17) is 5.41 Å². The number of carboxylic acid groups (broad SMARTS) is 1. The molecular formula is C22H25N3O4. The van der Waals surface area contributed by atoms with Crippen LogP contribution in [0, 0.1) is 5.41 Å². The van der Waals surface area contributed by atoms with Crippen LogP contribution in [-0.2, 0) is 19.4 Å². The Labute approximate surface area is 169 Å². The van der Waals surface area contributed by atoms with Gasteiger partial charge in [0.25, 0.3) is 0 Å². The van der Waals surface area contributed by atoms with E-state index in [1.54, 1.807) is 11.0 Å². The summed E-state index contributed by atoms with van der Waals surface area (Å²) in [4.78, 5) is 30.5. The number of aryl methyl sites for hydroxylation is 2. The van der Waals surface area contributed by atoms with E-state index in [1.807, 2.05) is 26.0 Å². The van der Waals surface area contributed by atoms with Gasteiger partial charge in [0.15, 0.2) is 5.78 Å². The number of unbranched alkanes of at least 4 members (excludes halogenated alkanes) is 1. The van der Waals surface area contributed by atoms with Crippen LogP contribution in [0.4, 0.5) is 0 Å². The zero-order valence-corrected chi connectivity index (χ0v) is 16.7. The fraction of sp³-hybridized carbons (Fsp3) is 0.364. The summed E-state index contributed by atoms with van der Waals surface area (Å²) in [6, 6.07) is 6.65. The van der Waals surface area contributed by atoms with E-state index in [-0.39, 0.29) is 35.0 Å². The number of hydrogen-bond donors (Lipinski definition) is 3. The molecule has 29 heavy (non-hydrogen) atoms. The van der Waals surface area contributed by atoms with E-state index < -0.39 is 5.97 Å². The first kappa shape index (κ1) is 20.5. The van der Waals surface area contributed by atoms with Gasteiger partial charge in [-0.15, -0.1) is 0 Å². The summed E-state index contributed by atoms with van der Waals surface area (Å²) in [6.07, 6.45) is 2.93. The SMILES string of the molecule is CCCCc1cc(C(=O)CN2Cc3ccc(CC)nc3C2=N)cc(C(=O)O)c1O. The first-order valence-corrected chi connectivity index (χ1v) is 9.80. The monoisotopic (exact) mass is 395 g/mol. The minimum Gasteiger partial charge on any atom is -0.507 e. The highest BCUT2D eigenvalue weighted by Crippen LogP contribution is 2.28. The number of carbonyl (C=O) groups excluding carboxylic acids is 1. The molecule has 0 fully saturated rings. The smallest absolute Gasteiger partial charge is 0.339 e. The molecule has 7 nitrogen and oxygen atoms in total. The van der Waals surface area contributed by atoms with Gasteiger partial charge in [0.1, 0.15) is 22.8 Å². The molecule has 152 valence electrons. The molecule has 0 aliphatic carbocycles. The average molecular weight is 395 g/mol. The predicted octanol–water partition coefficient (Wildman–Crippen LogP) is 3.41. The van der Waals surface area contributed by atoms with Gasteiger partial charge in [-0.3, -0.25) is 10.2 Å². The fourth-order valence-corrected chi connectivity index (χ4v) is 3.47. The molecular weight excluding hydrogens is 370 g/mol. The zero-order valence-electron chi connectivity index (χ0n) is 16.7. The molecule has 0 atom stereocenters. The highest BCUT2D eigenvalue weighted by atomic mass is 16.4. The Balaban J connectivity index is 1.84. The maximum Gasteiger partial charge on any atom is 0.339 e. The van der Waals surface area contributed by atoms with Crippen LogP contribution in [0.5, 0.6) is 5.75 Å². The summed E-state index contributed by atoms with van der Waals surface area (Å²) >= 11 is 0. The Kier molecular flexibility index (Phi) is 5.96. The first-order chi connectivity index (χ1) is 13.8. The highest BCUT2D eigenvalue weighted by molar-refractivity contribution is 6.05. The lowest BCUT2D eigenvalue weighted by molar-refractivity contribution is 0.0693. The summed E-state index contributed by atoms with van der Waals surface area (Å²) in [5, 5.41) is 28.0. The van der Waals surface area contributed by atoms with Crippen molar-refractivity contribution in [2.24, 2.45) is 0 Å². The van der Waals surface area contributed by atoms with Crippen molar-refractivity contribution >= 4 is 17.6 Å². The molecule has 0 spiro atoms. The molecule has 0 saturated carbocycles. The number of fused-ring (bicyclic) bond motifs is 1. The number of hydrogen-bond acceptors (Lipinski definition) is 5. The molecule has 1 aromatic heterocycles. The number of phenols is 1. The van der Waals surface area contributed by atoms with Crippen LogP contribution >= 0.6 is 0 Å². The summed E-state index contributed by atoms with van der Waals surface area (Å²) in [7, 11) is 0. The van der Waals surface area contributed by atoms with Crippen molar-refractivity contribution in [2.75, 3.05) is 6.54 Å². The van der Waals surface area contributed by atoms with Gasteiger partial charge in [-0.25, -0.2) is 9.78 Å². The lowest BCUT2D eigenvalue weighted by Crippen LogP contribution is -2.30. The second-order valence-electron chi connectivity index (χ2n) is 7.23. The Morgan fingerprint density at radius 2 is 2.00 bits per heavy atom. The third kappa shape index (κ3) is 4.13. The molecule has 3 N–H and O–H groups in total. The van der Waals surface area contributed by atoms with Crippen LogP contribution < -0.4 is 0 Å². The number of aromatic hydroxyl groups is 1. The number of carbonyl (C=O) groups is 2. The van der Waals surface area contributed by atoms with E-state index in [9.17, 15) is 19.8 Å². The number of rotatable bonds is 8. The Morgan fingerprint density at radius 1 is 1.24 bits per heavy atom. The van der Waals surface area contributed by atoms with Gasteiger partial charge in [-0.1, -0.05) is 26.3 Å². The number of aromatic carboxylic acids is 1. The molecule has 1 aliphatic heterocycles. The van der Waals surface area contributed by atoms with Crippen LogP contribution in [0.25, 0.3) is 0 Å². The quantitative estimate of drug-likeness (QED) is 0.590. The maximum absolute atomic E-state index is 12.9. The molecule has 3 rings (SSSR count). The molecule has 0 saturated heterocycles. The second-order valence-corrected chi connectivity index (χ2v) is 7.23. The number of nitrogens with one attached hydrogen (secondary N) is 1. The molecule has 0 unspecified atom stereocenters. The third-order valence-electron chi connectivity index (χ3n) is 5.18. The van der Waals surface area contributed by atoms with Gasteiger partial charge >= 0.3 is 5.97 Å². The first-order valence-electron chi connectivity index (χ1n) is 9.80. The molecule has 1 aromatic carbocycles. The minimum atomic E-state index is -1.27. The van der Waals surface area contributed by atoms with Crippen LogP contribution in [0.1, 0.15) is 69.9 Å². The minimum absolute atomic E-state index is 0.0479. The largest absolute Gasteiger partial charge is 0.507 e. The molecule has 2 aromatic rings. The topological polar surface area (TPSA) is 115 Å². The number of ketones is 1. The lowest BCUT2D eigenvalue weighted by atomic mass is 9.97. The van der Waals surface area contributed by atoms with Gasteiger partial charge in [-0.05, 0) is 43.0 Å². The van der Waals surface area contributed by atoms with E-state index in [2.05, 4.69) is 4.98 Å². The molecule has 0 amide bonds. The predicted molar refractivity (Wildman–Crippen MR) is 109 cm³/mol. The van der Waals surface area contributed by atoms with E-state index in [0.29, 0.717) is 24.2 Å². The van der Waals surface area contributed by atoms with Crippen molar-refractivity contribution in [3.63, 3.8) is 0 Å². The number of nitrogens with zero attached hydrogens (tertiary/aromatic N) is 2. The number of aromatic nitrogens is 1. The highest BCUT2D eigenvalue weighted by Gasteiger charge is 2.28. The molecule has 1 aliphatic rings. The summed E-state index contributed by atoms with van der Waals surface area (Å²) in [6.45, 7) is 4.37. The van der Waals surface area contributed by atoms with E-state index >= 15 is 0 Å². The number of amidine groups is 1. The van der Waals surface area contributed by atoms with Crippen LogP contribution in [0.2, 0.25) is 0 Å². The van der Waals surface area contributed by atoms with Gasteiger partial charge in [-0.2, -0.15) is 0 Å². The van der Waals surface area contributed by atoms with Crippen molar-refractivity contribution in [1.29, 1.82) is 5.41 Å². The van der Waals surface area contributed by atoms with Crippen molar-refractivity contribution in [3.05, 3.63) is 57.9 Å². The Bertz CT molecular complexity index is 984. The van der Waals surface area contributed by atoms with Crippen molar-refractivity contribution < 1.29 is 19.8 Å². The summed E-state index contributed by atoms with van der Waals surface area (Å²) in [5.41, 5.74) is 2.82. The molecule has 0 bridgehead atoms. The van der Waals surface area contributed by atoms with Gasteiger partial charge in [0.2, 0.25) is 0 Å². The molecule has 7 heteroatoms. The molecule has 2 heterocycles. The van der Waals surface area contributed by atoms with E-state index in [1.165, 1.54) is 6.07 Å². The maximum atomic E-state index is 12.9. The Morgan fingerprint density at radius 3 is 2.66 bits per heavy atom. The number of Topliss-reactive ketones (excluding diaryl/α,β-unsaturated/α-hetero) is 1. The normalized spacial score (nSPS) is 12.9. The number of pyridine rings is 1. The van der Waals surface area contributed by atoms with Gasteiger partial charge in [0, 0.05) is 23.4 Å². The molecule has 0 radical (unpaired) electrons. The summed E-state index contributed by atoms with van der Waals surface area (Å²) < 4.78 is 0. The van der Waals surface area contributed by atoms with Crippen LogP contribution in [0.3, 0.4) is 0 Å². The number of carboxylic acids is 1. The van der Waals surface area contributed by atoms with Gasteiger partial charge < -0.3 is 15.1 Å². The lowest BCUT2D eigenvalue weighted by Gasteiger charge is -2.17. The van der Waals surface area contributed by atoms with Crippen LogP contribution in [0.15, 0.2) is 24.3 Å².